The molecule has 2 aromatic heterocycles. The Kier molecular flexibility index (Phi) is 4.07. The number of fused-ring (bicyclic) bond motifs is 1. The van der Waals surface area contributed by atoms with Crippen molar-refractivity contribution in [3.63, 3.8) is 0 Å². The highest BCUT2D eigenvalue weighted by atomic mass is 16.5. The third-order valence-electron chi connectivity index (χ3n) is 3.56. The second kappa shape index (κ2) is 6.19. The highest BCUT2D eigenvalue weighted by molar-refractivity contribution is 5.96. The Labute approximate surface area is 139 Å². The van der Waals surface area contributed by atoms with Gasteiger partial charge in [-0.3, -0.25) is 4.79 Å². The summed E-state index contributed by atoms with van der Waals surface area (Å²) in [5.74, 6) is 0.655. The van der Waals surface area contributed by atoms with Crippen LogP contribution in [-0.2, 0) is 0 Å². The molecule has 0 radical (unpaired) electrons. The molecule has 3 N–H and O–H groups in total. The smallest absolute Gasteiger partial charge is 0.252 e. The molecule has 2 heterocycles. The summed E-state index contributed by atoms with van der Waals surface area (Å²) < 4.78 is 7.02. The lowest BCUT2D eigenvalue weighted by atomic mass is 10.1. The summed E-state index contributed by atoms with van der Waals surface area (Å²) in [7, 11) is 1.50. The van der Waals surface area contributed by atoms with Gasteiger partial charge in [-0.15, -0.1) is 5.10 Å². The fraction of sp³-hybridized carbons (Fsp3) is 0.235. The van der Waals surface area contributed by atoms with E-state index in [2.05, 4.69) is 15.4 Å². The molecule has 0 aliphatic rings. The minimum absolute atomic E-state index is 0.275. The Morgan fingerprint density at radius 3 is 2.75 bits per heavy atom. The number of imidazole rings is 1. The number of benzene rings is 1. The number of primary amides is 1. The van der Waals surface area contributed by atoms with Crippen LogP contribution in [0.25, 0.3) is 16.9 Å². The molecule has 0 spiro atoms. The van der Waals surface area contributed by atoms with Crippen molar-refractivity contribution in [2.24, 2.45) is 5.73 Å². The van der Waals surface area contributed by atoms with Crippen molar-refractivity contribution in [1.82, 2.24) is 14.6 Å². The van der Waals surface area contributed by atoms with Gasteiger partial charge in [0.05, 0.1) is 24.6 Å². The Bertz CT molecular complexity index is 901. The summed E-state index contributed by atoms with van der Waals surface area (Å²) in [6, 6.07) is 9.27. The number of nitrogens with zero attached hydrogens (tertiary/aromatic N) is 3. The van der Waals surface area contributed by atoms with E-state index in [1.54, 1.807) is 28.9 Å². The zero-order valence-electron chi connectivity index (χ0n) is 13.8. The van der Waals surface area contributed by atoms with Gasteiger partial charge in [0.25, 0.3) is 5.91 Å². The second-order valence-corrected chi connectivity index (χ2v) is 5.71. The van der Waals surface area contributed by atoms with E-state index in [1.807, 2.05) is 26.0 Å². The topological polar surface area (TPSA) is 94.5 Å². The molecule has 124 valence electrons. The third kappa shape index (κ3) is 2.88. The van der Waals surface area contributed by atoms with Gasteiger partial charge in [0, 0.05) is 11.6 Å². The normalized spacial score (nSPS) is 11.0. The van der Waals surface area contributed by atoms with Crippen LogP contribution < -0.4 is 15.8 Å². The highest BCUT2D eigenvalue weighted by Gasteiger charge is 2.13. The molecule has 3 rings (SSSR count). The fourth-order valence-electron chi connectivity index (χ4n) is 2.50. The maximum Gasteiger partial charge on any atom is 0.252 e. The van der Waals surface area contributed by atoms with Crippen molar-refractivity contribution in [2.45, 2.75) is 19.9 Å². The molecule has 0 atom stereocenters. The minimum atomic E-state index is -0.530. The number of ether oxygens (including phenoxy) is 1. The van der Waals surface area contributed by atoms with E-state index in [0.29, 0.717) is 11.3 Å². The van der Waals surface area contributed by atoms with Crippen LogP contribution in [0.15, 0.2) is 36.5 Å². The van der Waals surface area contributed by atoms with Gasteiger partial charge < -0.3 is 15.8 Å². The highest BCUT2D eigenvalue weighted by Crippen LogP contribution is 2.27. The summed E-state index contributed by atoms with van der Waals surface area (Å²) in [5, 5.41) is 7.84. The monoisotopic (exact) mass is 325 g/mol. The van der Waals surface area contributed by atoms with E-state index in [-0.39, 0.29) is 6.04 Å². The van der Waals surface area contributed by atoms with Crippen molar-refractivity contribution in [1.29, 1.82) is 0 Å². The average molecular weight is 325 g/mol. The number of carbonyl (C=O) groups is 1. The van der Waals surface area contributed by atoms with Crippen molar-refractivity contribution >= 4 is 17.4 Å². The number of rotatable bonds is 5. The summed E-state index contributed by atoms with van der Waals surface area (Å²) >= 11 is 0. The lowest BCUT2D eigenvalue weighted by Crippen LogP contribution is -2.13. The number of carbonyl (C=O) groups excluding carboxylic acids is 1. The number of nitrogens with one attached hydrogen (secondary N) is 1. The average Bonchev–Trinajstić information content (AvgIpc) is 2.96. The maximum atomic E-state index is 11.4. The molecule has 0 aliphatic carbocycles. The first-order chi connectivity index (χ1) is 11.5. The molecule has 0 unspecified atom stereocenters. The second-order valence-electron chi connectivity index (χ2n) is 5.71. The zero-order chi connectivity index (χ0) is 17.3. The van der Waals surface area contributed by atoms with Crippen LogP contribution in [0, 0.1) is 0 Å². The molecule has 0 aliphatic heterocycles. The standard InChI is InChI=1S/C17H19N5O2/c1-10(2)20-15-6-7-16-19-9-13(22(16)21-15)11-4-5-12(17(18)23)14(8-11)24-3/h4-10H,1-3H3,(H2,18,23)(H,20,21). The van der Waals surface area contributed by atoms with Crippen LogP contribution in [0.4, 0.5) is 5.82 Å². The predicted molar refractivity (Wildman–Crippen MR) is 92.3 cm³/mol. The molecule has 3 aromatic rings. The number of anilines is 1. The first-order valence-corrected chi connectivity index (χ1v) is 7.59. The van der Waals surface area contributed by atoms with Crippen molar-refractivity contribution < 1.29 is 9.53 Å². The number of nitrogens with two attached hydrogens (primary N) is 1. The lowest BCUT2D eigenvalue weighted by molar-refractivity contribution is 0.0997. The molecular weight excluding hydrogens is 306 g/mol. The third-order valence-corrected chi connectivity index (χ3v) is 3.56. The van der Waals surface area contributed by atoms with Crippen LogP contribution >= 0.6 is 0 Å². The van der Waals surface area contributed by atoms with Crippen LogP contribution in [0.2, 0.25) is 0 Å². The fourth-order valence-corrected chi connectivity index (χ4v) is 2.50. The zero-order valence-corrected chi connectivity index (χ0v) is 13.8. The van der Waals surface area contributed by atoms with Gasteiger partial charge in [0.15, 0.2) is 5.65 Å². The molecule has 0 saturated carbocycles. The lowest BCUT2D eigenvalue weighted by Gasteiger charge is -2.10. The van der Waals surface area contributed by atoms with Crippen LogP contribution in [0.5, 0.6) is 5.75 Å². The minimum Gasteiger partial charge on any atom is -0.496 e. The molecule has 0 fully saturated rings. The number of hydrogen-bond acceptors (Lipinski definition) is 5. The first-order valence-electron chi connectivity index (χ1n) is 7.59. The largest absolute Gasteiger partial charge is 0.496 e. The first kappa shape index (κ1) is 15.8. The molecule has 1 aromatic carbocycles. The number of hydrogen-bond donors (Lipinski definition) is 2. The molecule has 0 saturated heterocycles. The van der Waals surface area contributed by atoms with E-state index < -0.39 is 5.91 Å². The van der Waals surface area contributed by atoms with Crippen molar-refractivity contribution in [3.05, 3.63) is 42.1 Å². The van der Waals surface area contributed by atoms with Crippen LogP contribution in [0.1, 0.15) is 24.2 Å². The molecule has 24 heavy (non-hydrogen) atoms. The number of aromatic nitrogens is 3. The van der Waals surface area contributed by atoms with Gasteiger partial charge in [-0.25, -0.2) is 9.50 Å². The van der Waals surface area contributed by atoms with Gasteiger partial charge in [0.2, 0.25) is 0 Å². The maximum absolute atomic E-state index is 11.4. The van der Waals surface area contributed by atoms with Gasteiger partial charge in [-0.05, 0) is 38.1 Å². The van der Waals surface area contributed by atoms with Crippen molar-refractivity contribution in [2.75, 3.05) is 12.4 Å². The van der Waals surface area contributed by atoms with Crippen LogP contribution in [0.3, 0.4) is 0 Å². The molecular formula is C17H19N5O2. The summed E-state index contributed by atoms with van der Waals surface area (Å²) in [6.45, 7) is 4.10. The Morgan fingerprint density at radius 1 is 1.29 bits per heavy atom. The van der Waals surface area contributed by atoms with Crippen molar-refractivity contribution in [3.8, 4) is 17.0 Å². The predicted octanol–water partition coefficient (Wildman–Crippen LogP) is 2.32. The molecule has 7 heteroatoms. The SMILES string of the molecule is COc1cc(-c2cnc3ccc(NC(C)C)nn23)ccc1C(N)=O. The van der Waals surface area contributed by atoms with E-state index >= 15 is 0 Å². The Morgan fingerprint density at radius 2 is 2.08 bits per heavy atom. The molecule has 7 nitrogen and oxygen atoms in total. The van der Waals surface area contributed by atoms with Gasteiger partial charge in [-0.2, -0.15) is 0 Å². The van der Waals surface area contributed by atoms with E-state index in [4.69, 9.17) is 10.5 Å². The Hall–Kier alpha value is -3.09. The van der Waals surface area contributed by atoms with Gasteiger partial charge in [-0.1, -0.05) is 6.07 Å². The van der Waals surface area contributed by atoms with Crippen LogP contribution in [-0.4, -0.2) is 33.7 Å². The summed E-state index contributed by atoms with van der Waals surface area (Å²) in [4.78, 5) is 15.8. The number of amides is 1. The number of methoxy groups -OCH3 is 1. The van der Waals surface area contributed by atoms with E-state index in [1.165, 1.54) is 7.11 Å². The summed E-state index contributed by atoms with van der Waals surface area (Å²) in [5.41, 5.74) is 8.06. The van der Waals surface area contributed by atoms with E-state index in [0.717, 1.165) is 22.7 Å². The van der Waals surface area contributed by atoms with E-state index in [9.17, 15) is 4.79 Å². The Balaban J connectivity index is 2.10. The van der Waals surface area contributed by atoms with Gasteiger partial charge in [0.1, 0.15) is 11.6 Å². The summed E-state index contributed by atoms with van der Waals surface area (Å²) in [6.07, 6.45) is 1.74. The van der Waals surface area contributed by atoms with Gasteiger partial charge >= 0.3 is 0 Å². The molecule has 1 amide bonds. The quantitative estimate of drug-likeness (QED) is 0.751. The molecule has 0 bridgehead atoms.